The number of rotatable bonds is 5. The normalized spacial score (nSPS) is 16.1. The van der Waals surface area contributed by atoms with Crippen LogP contribution in [0.5, 0.6) is 0 Å². The number of hydrogen-bond acceptors (Lipinski definition) is 3. The molecule has 1 fully saturated rings. The van der Waals surface area contributed by atoms with Crippen LogP contribution in [-0.4, -0.2) is 34.8 Å². The monoisotopic (exact) mass is 249 g/mol. The molecule has 0 aliphatic heterocycles. The molecule has 4 heteroatoms. The molecule has 18 heavy (non-hydrogen) atoms. The van der Waals surface area contributed by atoms with Gasteiger partial charge in [0.05, 0.1) is 6.10 Å². The Kier molecular flexibility index (Phi) is 4.20. The summed E-state index contributed by atoms with van der Waals surface area (Å²) in [5, 5.41) is 9.38. The van der Waals surface area contributed by atoms with Gasteiger partial charge < -0.3 is 14.7 Å². The van der Waals surface area contributed by atoms with Crippen LogP contribution in [0.4, 0.5) is 4.79 Å². The molecule has 1 saturated carbocycles. The molecule has 1 aliphatic rings. The van der Waals surface area contributed by atoms with Gasteiger partial charge in [-0.3, -0.25) is 0 Å². The fraction of sp³-hybridized carbons (Fsp3) is 0.500. The minimum atomic E-state index is -0.519. The van der Waals surface area contributed by atoms with Gasteiger partial charge in [0.1, 0.15) is 6.61 Å². The average Bonchev–Trinajstić information content (AvgIpc) is 3.18. The molecule has 1 amide bonds. The van der Waals surface area contributed by atoms with E-state index in [-0.39, 0.29) is 18.7 Å². The first-order chi connectivity index (χ1) is 8.66. The first kappa shape index (κ1) is 12.9. The zero-order valence-electron chi connectivity index (χ0n) is 10.6. The molecule has 1 aromatic carbocycles. The van der Waals surface area contributed by atoms with Crippen molar-refractivity contribution in [1.82, 2.24) is 4.90 Å². The van der Waals surface area contributed by atoms with E-state index in [1.807, 2.05) is 30.3 Å². The van der Waals surface area contributed by atoms with Crippen molar-refractivity contribution in [1.29, 1.82) is 0 Å². The molecule has 0 bridgehead atoms. The van der Waals surface area contributed by atoms with Gasteiger partial charge in [-0.05, 0) is 25.3 Å². The molecule has 0 spiro atoms. The largest absolute Gasteiger partial charge is 0.445 e. The summed E-state index contributed by atoms with van der Waals surface area (Å²) in [7, 11) is 0. The van der Waals surface area contributed by atoms with Crippen molar-refractivity contribution in [2.45, 2.75) is 38.5 Å². The van der Waals surface area contributed by atoms with Crippen LogP contribution in [0.2, 0.25) is 0 Å². The molecule has 4 nitrogen and oxygen atoms in total. The van der Waals surface area contributed by atoms with Crippen LogP contribution in [0.25, 0.3) is 0 Å². The van der Waals surface area contributed by atoms with Gasteiger partial charge in [0.15, 0.2) is 0 Å². The van der Waals surface area contributed by atoms with Gasteiger partial charge >= 0.3 is 6.09 Å². The molecular formula is C14H19NO3. The van der Waals surface area contributed by atoms with Crippen LogP contribution in [0.15, 0.2) is 30.3 Å². The molecule has 1 aromatic rings. The second kappa shape index (κ2) is 5.87. The standard InChI is InChI=1S/C14H19NO3/c1-11(16)9-15(13-7-8-13)14(17)18-10-12-5-3-2-4-6-12/h2-6,11,13,16H,7-10H2,1H3/t11-/m1/s1. The second-order valence-electron chi connectivity index (χ2n) is 4.77. The van der Waals surface area contributed by atoms with Crippen molar-refractivity contribution in [3.8, 4) is 0 Å². The zero-order valence-corrected chi connectivity index (χ0v) is 10.6. The molecule has 1 N–H and O–H groups in total. The summed E-state index contributed by atoms with van der Waals surface area (Å²) < 4.78 is 5.27. The van der Waals surface area contributed by atoms with E-state index in [4.69, 9.17) is 4.74 Å². The minimum Gasteiger partial charge on any atom is -0.445 e. The van der Waals surface area contributed by atoms with Crippen molar-refractivity contribution in [2.24, 2.45) is 0 Å². The van der Waals surface area contributed by atoms with E-state index in [0.29, 0.717) is 6.54 Å². The number of ether oxygens (including phenoxy) is 1. The molecule has 2 rings (SSSR count). The van der Waals surface area contributed by atoms with E-state index in [1.165, 1.54) is 0 Å². The number of benzene rings is 1. The third-order valence-electron chi connectivity index (χ3n) is 2.89. The lowest BCUT2D eigenvalue weighted by Crippen LogP contribution is -2.38. The Balaban J connectivity index is 1.85. The molecule has 1 atom stereocenters. The van der Waals surface area contributed by atoms with Crippen molar-refractivity contribution in [3.05, 3.63) is 35.9 Å². The molecule has 0 aromatic heterocycles. The number of aliphatic hydroxyl groups is 1. The van der Waals surface area contributed by atoms with E-state index in [0.717, 1.165) is 18.4 Å². The smallest absolute Gasteiger partial charge is 0.410 e. The van der Waals surface area contributed by atoms with E-state index >= 15 is 0 Å². The topological polar surface area (TPSA) is 49.8 Å². The number of nitrogens with zero attached hydrogens (tertiary/aromatic N) is 1. The summed E-state index contributed by atoms with van der Waals surface area (Å²) in [6.07, 6.45) is 1.16. The Bertz CT molecular complexity index is 387. The Morgan fingerprint density at radius 2 is 2.11 bits per heavy atom. The summed E-state index contributed by atoms with van der Waals surface area (Å²) in [5.74, 6) is 0. The summed E-state index contributed by atoms with van der Waals surface area (Å²) in [6.45, 7) is 2.31. The lowest BCUT2D eigenvalue weighted by atomic mass is 10.2. The molecule has 0 heterocycles. The highest BCUT2D eigenvalue weighted by Gasteiger charge is 2.34. The highest BCUT2D eigenvalue weighted by molar-refractivity contribution is 5.68. The number of aliphatic hydroxyl groups excluding tert-OH is 1. The first-order valence-corrected chi connectivity index (χ1v) is 6.32. The fourth-order valence-electron chi connectivity index (χ4n) is 1.85. The molecule has 0 unspecified atom stereocenters. The summed E-state index contributed by atoms with van der Waals surface area (Å²) in [6, 6.07) is 9.85. The molecule has 98 valence electrons. The number of carbonyl (C=O) groups excluding carboxylic acids is 1. The van der Waals surface area contributed by atoms with E-state index < -0.39 is 6.10 Å². The Morgan fingerprint density at radius 3 is 2.67 bits per heavy atom. The van der Waals surface area contributed by atoms with E-state index in [1.54, 1.807) is 11.8 Å². The van der Waals surface area contributed by atoms with Gasteiger partial charge in [-0.2, -0.15) is 0 Å². The average molecular weight is 249 g/mol. The first-order valence-electron chi connectivity index (χ1n) is 6.32. The van der Waals surface area contributed by atoms with Crippen LogP contribution in [-0.2, 0) is 11.3 Å². The van der Waals surface area contributed by atoms with Gasteiger partial charge in [-0.1, -0.05) is 30.3 Å². The third-order valence-corrected chi connectivity index (χ3v) is 2.89. The van der Waals surface area contributed by atoms with Crippen molar-refractivity contribution < 1.29 is 14.6 Å². The van der Waals surface area contributed by atoms with Crippen molar-refractivity contribution in [2.75, 3.05) is 6.54 Å². The zero-order chi connectivity index (χ0) is 13.0. The second-order valence-corrected chi connectivity index (χ2v) is 4.77. The molecule has 1 aliphatic carbocycles. The summed E-state index contributed by atoms with van der Waals surface area (Å²) >= 11 is 0. The van der Waals surface area contributed by atoms with E-state index in [9.17, 15) is 9.90 Å². The van der Waals surface area contributed by atoms with Gasteiger partial charge in [0.2, 0.25) is 0 Å². The third kappa shape index (κ3) is 3.74. The maximum absolute atomic E-state index is 11.9. The predicted molar refractivity (Wildman–Crippen MR) is 68.0 cm³/mol. The quantitative estimate of drug-likeness (QED) is 0.870. The Labute approximate surface area is 107 Å². The Hall–Kier alpha value is -1.55. The SMILES string of the molecule is C[C@@H](O)CN(C(=O)OCc1ccccc1)C1CC1. The van der Waals surface area contributed by atoms with Crippen LogP contribution in [0.1, 0.15) is 25.3 Å². The molecular weight excluding hydrogens is 230 g/mol. The highest BCUT2D eigenvalue weighted by Crippen LogP contribution is 2.27. The molecule has 0 saturated heterocycles. The number of carbonyl (C=O) groups is 1. The number of amides is 1. The predicted octanol–water partition coefficient (Wildman–Crippen LogP) is 2.17. The Morgan fingerprint density at radius 1 is 1.44 bits per heavy atom. The summed E-state index contributed by atoms with van der Waals surface area (Å²) in [4.78, 5) is 13.6. The summed E-state index contributed by atoms with van der Waals surface area (Å²) in [5.41, 5.74) is 0.971. The van der Waals surface area contributed by atoms with Crippen LogP contribution < -0.4 is 0 Å². The van der Waals surface area contributed by atoms with Crippen LogP contribution >= 0.6 is 0 Å². The van der Waals surface area contributed by atoms with Gasteiger partial charge in [-0.15, -0.1) is 0 Å². The maximum atomic E-state index is 11.9. The van der Waals surface area contributed by atoms with Gasteiger partial charge in [0.25, 0.3) is 0 Å². The molecule has 0 radical (unpaired) electrons. The lowest BCUT2D eigenvalue weighted by molar-refractivity contribution is 0.0703. The lowest BCUT2D eigenvalue weighted by Gasteiger charge is -2.23. The maximum Gasteiger partial charge on any atom is 0.410 e. The van der Waals surface area contributed by atoms with Crippen LogP contribution in [0.3, 0.4) is 0 Å². The van der Waals surface area contributed by atoms with Crippen molar-refractivity contribution in [3.63, 3.8) is 0 Å². The van der Waals surface area contributed by atoms with Gasteiger partial charge in [-0.25, -0.2) is 4.79 Å². The fourth-order valence-corrected chi connectivity index (χ4v) is 1.85. The van der Waals surface area contributed by atoms with Crippen LogP contribution in [0, 0.1) is 0 Å². The van der Waals surface area contributed by atoms with E-state index in [2.05, 4.69) is 0 Å². The highest BCUT2D eigenvalue weighted by atomic mass is 16.6. The minimum absolute atomic E-state index is 0.253. The van der Waals surface area contributed by atoms with Gasteiger partial charge in [0, 0.05) is 12.6 Å². The number of hydrogen-bond donors (Lipinski definition) is 1. The van der Waals surface area contributed by atoms with Crippen molar-refractivity contribution >= 4 is 6.09 Å².